The number of anilines is 1. The van der Waals surface area contributed by atoms with Crippen molar-refractivity contribution in [3.63, 3.8) is 0 Å². The third-order valence-corrected chi connectivity index (χ3v) is 4.81. The number of nitrogens with zero attached hydrogens (tertiary/aromatic N) is 1. The molecule has 0 radical (unpaired) electrons. The molecule has 0 fully saturated rings. The highest BCUT2D eigenvalue weighted by atomic mass is 32.2. The van der Waals surface area contributed by atoms with Gasteiger partial charge in [-0.15, -0.1) is 11.8 Å². The smallest absolute Gasteiger partial charge is 0.272 e. The molecule has 26 heavy (non-hydrogen) atoms. The molecule has 2 aromatic carbocycles. The molecule has 4 nitrogen and oxygen atoms in total. The van der Waals surface area contributed by atoms with E-state index in [0.29, 0.717) is 22.0 Å². The monoisotopic (exact) mass is 375 g/mol. The summed E-state index contributed by atoms with van der Waals surface area (Å²) in [6, 6.07) is 9.31. The van der Waals surface area contributed by atoms with E-state index in [9.17, 15) is 18.4 Å². The predicted octanol–water partition coefficient (Wildman–Crippen LogP) is 4.01. The van der Waals surface area contributed by atoms with Gasteiger partial charge in [0.05, 0.1) is 23.3 Å². The van der Waals surface area contributed by atoms with Crippen LogP contribution in [-0.4, -0.2) is 24.7 Å². The van der Waals surface area contributed by atoms with E-state index < -0.39 is 29.1 Å². The van der Waals surface area contributed by atoms with Crippen LogP contribution < -0.4 is 9.64 Å². The van der Waals surface area contributed by atoms with Crippen LogP contribution in [-0.2, 0) is 9.59 Å². The number of halogens is 2. The van der Waals surface area contributed by atoms with Crippen LogP contribution in [0.2, 0.25) is 0 Å². The van der Waals surface area contributed by atoms with Crippen molar-refractivity contribution in [2.45, 2.75) is 6.92 Å². The summed E-state index contributed by atoms with van der Waals surface area (Å²) in [5, 5.41) is 0. The second-order valence-corrected chi connectivity index (χ2v) is 6.68. The van der Waals surface area contributed by atoms with Crippen molar-refractivity contribution in [1.29, 1.82) is 0 Å². The van der Waals surface area contributed by atoms with Gasteiger partial charge in [0.1, 0.15) is 17.4 Å². The topological polar surface area (TPSA) is 46.6 Å². The van der Waals surface area contributed by atoms with Gasteiger partial charge in [-0.1, -0.05) is 19.1 Å². The Balaban J connectivity index is 2.10. The minimum absolute atomic E-state index is 0.174. The summed E-state index contributed by atoms with van der Waals surface area (Å²) in [6.45, 7) is 1.84. The maximum absolute atomic E-state index is 14.2. The number of thioether (sulfide) groups is 1. The first-order valence-electron chi connectivity index (χ1n) is 7.83. The Morgan fingerprint density at radius 1 is 1.04 bits per heavy atom. The highest BCUT2D eigenvalue weighted by molar-refractivity contribution is 8.04. The number of ether oxygens (including phenoxy) is 1. The van der Waals surface area contributed by atoms with E-state index in [1.165, 1.54) is 18.9 Å². The SMILES string of the molecule is CCSC1=C(c2ccc(OC)cc2)C(=O)N(c2cc(F)ccc2F)C1=O. The van der Waals surface area contributed by atoms with E-state index in [-0.39, 0.29) is 10.5 Å². The number of carbonyl (C=O) groups is 2. The molecule has 0 aromatic heterocycles. The summed E-state index contributed by atoms with van der Waals surface area (Å²) in [7, 11) is 1.52. The molecule has 0 saturated heterocycles. The molecule has 134 valence electrons. The second-order valence-electron chi connectivity index (χ2n) is 5.41. The van der Waals surface area contributed by atoms with Gasteiger partial charge >= 0.3 is 0 Å². The molecule has 0 unspecified atom stereocenters. The molecule has 1 aliphatic heterocycles. The van der Waals surface area contributed by atoms with Crippen LogP contribution >= 0.6 is 11.8 Å². The zero-order valence-corrected chi connectivity index (χ0v) is 14.9. The van der Waals surface area contributed by atoms with E-state index in [0.717, 1.165) is 18.2 Å². The fourth-order valence-corrected chi connectivity index (χ4v) is 3.53. The van der Waals surface area contributed by atoms with Crippen LogP contribution in [0, 0.1) is 11.6 Å². The summed E-state index contributed by atoms with van der Waals surface area (Å²) in [4.78, 5) is 26.6. The van der Waals surface area contributed by atoms with E-state index in [1.54, 1.807) is 24.3 Å². The normalized spacial score (nSPS) is 14.4. The van der Waals surface area contributed by atoms with Crippen molar-refractivity contribution in [3.8, 4) is 5.75 Å². The van der Waals surface area contributed by atoms with Crippen LogP contribution in [0.15, 0.2) is 47.4 Å². The van der Waals surface area contributed by atoms with Crippen molar-refractivity contribution < 1.29 is 23.1 Å². The molecular formula is C19H15F2NO3S. The summed E-state index contributed by atoms with van der Waals surface area (Å²) in [5.41, 5.74) is 0.297. The number of amides is 2. The zero-order chi connectivity index (χ0) is 18.8. The molecule has 2 amide bonds. The average molecular weight is 375 g/mol. The quantitative estimate of drug-likeness (QED) is 0.741. The van der Waals surface area contributed by atoms with Gasteiger partial charge in [-0.05, 0) is 35.6 Å². The van der Waals surface area contributed by atoms with Crippen molar-refractivity contribution >= 4 is 34.8 Å². The number of rotatable bonds is 5. The molecular weight excluding hydrogens is 360 g/mol. The van der Waals surface area contributed by atoms with E-state index in [1.807, 2.05) is 6.92 Å². The third-order valence-electron chi connectivity index (χ3n) is 3.86. The maximum Gasteiger partial charge on any atom is 0.272 e. The van der Waals surface area contributed by atoms with Gasteiger partial charge in [0.15, 0.2) is 0 Å². The Labute approximate surface area is 153 Å². The average Bonchev–Trinajstić information content (AvgIpc) is 2.88. The Morgan fingerprint density at radius 2 is 1.73 bits per heavy atom. The number of methoxy groups -OCH3 is 1. The highest BCUT2D eigenvalue weighted by Gasteiger charge is 2.41. The van der Waals surface area contributed by atoms with E-state index >= 15 is 0 Å². The molecule has 0 saturated carbocycles. The lowest BCUT2D eigenvalue weighted by Gasteiger charge is -2.16. The lowest BCUT2D eigenvalue weighted by Crippen LogP contribution is -2.32. The molecule has 1 aliphatic rings. The fraction of sp³-hybridized carbons (Fsp3) is 0.158. The van der Waals surface area contributed by atoms with Crippen LogP contribution in [0.1, 0.15) is 12.5 Å². The van der Waals surface area contributed by atoms with Crippen molar-refractivity contribution in [2.75, 3.05) is 17.8 Å². The number of imide groups is 1. The first-order valence-corrected chi connectivity index (χ1v) is 8.81. The Morgan fingerprint density at radius 3 is 2.35 bits per heavy atom. The van der Waals surface area contributed by atoms with Gasteiger partial charge in [0.25, 0.3) is 11.8 Å². The minimum atomic E-state index is -0.843. The minimum Gasteiger partial charge on any atom is -0.497 e. The molecule has 7 heteroatoms. The molecule has 1 heterocycles. The standard InChI is InChI=1S/C19H15F2NO3S/c1-3-26-17-16(11-4-7-13(25-2)8-5-11)18(23)22(19(17)24)15-10-12(20)6-9-14(15)21/h4-10H,3H2,1-2H3. The highest BCUT2D eigenvalue weighted by Crippen LogP contribution is 2.39. The van der Waals surface area contributed by atoms with Crippen LogP contribution in [0.3, 0.4) is 0 Å². The molecule has 0 atom stereocenters. The van der Waals surface area contributed by atoms with Gasteiger partial charge in [0, 0.05) is 6.07 Å². The molecule has 0 N–H and O–H groups in total. The summed E-state index contributed by atoms with van der Waals surface area (Å²) in [5.74, 6) is -1.76. The number of hydrogen-bond acceptors (Lipinski definition) is 4. The summed E-state index contributed by atoms with van der Waals surface area (Å²) >= 11 is 1.19. The molecule has 0 aliphatic carbocycles. The van der Waals surface area contributed by atoms with Gasteiger partial charge in [-0.3, -0.25) is 9.59 Å². The number of hydrogen-bond donors (Lipinski definition) is 0. The van der Waals surface area contributed by atoms with Gasteiger partial charge in [-0.25, -0.2) is 13.7 Å². The first kappa shape index (κ1) is 18.1. The third kappa shape index (κ3) is 3.10. The second kappa shape index (κ2) is 7.29. The Bertz CT molecular complexity index is 910. The van der Waals surface area contributed by atoms with E-state index in [4.69, 9.17) is 4.74 Å². The largest absolute Gasteiger partial charge is 0.497 e. The number of benzene rings is 2. The van der Waals surface area contributed by atoms with E-state index in [2.05, 4.69) is 0 Å². The Kier molecular flexibility index (Phi) is 5.08. The summed E-state index contributed by atoms with van der Waals surface area (Å²) < 4.78 is 32.8. The molecule has 0 bridgehead atoms. The van der Waals surface area contributed by atoms with Gasteiger partial charge in [-0.2, -0.15) is 0 Å². The first-order chi connectivity index (χ1) is 12.5. The molecule has 0 spiro atoms. The molecule has 2 aromatic rings. The van der Waals surface area contributed by atoms with Crippen LogP contribution in [0.25, 0.3) is 5.57 Å². The van der Waals surface area contributed by atoms with Crippen molar-refractivity contribution in [1.82, 2.24) is 0 Å². The van der Waals surface area contributed by atoms with Crippen LogP contribution in [0.5, 0.6) is 5.75 Å². The lowest BCUT2D eigenvalue weighted by atomic mass is 10.1. The van der Waals surface area contributed by atoms with Gasteiger partial charge in [0.2, 0.25) is 0 Å². The predicted molar refractivity (Wildman–Crippen MR) is 96.9 cm³/mol. The van der Waals surface area contributed by atoms with Crippen LogP contribution in [0.4, 0.5) is 14.5 Å². The van der Waals surface area contributed by atoms with Gasteiger partial charge < -0.3 is 4.74 Å². The van der Waals surface area contributed by atoms with Crippen molar-refractivity contribution in [2.24, 2.45) is 0 Å². The van der Waals surface area contributed by atoms with Crippen molar-refractivity contribution in [3.05, 3.63) is 64.6 Å². The number of carbonyl (C=O) groups excluding carboxylic acids is 2. The zero-order valence-electron chi connectivity index (χ0n) is 14.1. The fourth-order valence-electron chi connectivity index (χ4n) is 2.68. The summed E-state index contributed by atoms with van der Waals surface area (Å²) in [6.07, 6.45) is 0. The lowest BCUT2D eigenvalue weighted by molar-refractivity contribution is -0.119. The maximum atomic E-state index is 14.2. The molecule has 3 rings (SSSR count). The Hall–Kier alpha value is -2.67.